The molecule has 0 radical (unpaired) electrons. The summed E-state index contributed by atoms with van der Waals surface area (Å²) in [5.41, 5.74) is 1.33. The average Bonchev–Trinajstić information content (AvgIpc) is 2.83. The van der Waals surface area contributed by atoms with Crippen LogP contribution in [0.25, 0.3) is 0 Å². The molecule has 1 amide bonds. The monoisotopic (exact) mass is 464 g/mol. The number of carbonyl (C=O) groups excluding carboxylic acids is 2. The van der Waals surface area contributed by atoms with Crippen molar-refractivity contribution in [1.82, 2.24) is 0 Å². The number of nitrogens with one attached hydrogen (secondary N) is 1. The summed E-state index contributed by atoms with van der Waals surface area (Å²) in [7, 11) is 1.27. The Bertz CT molecular complexity index is 1190. The maximum absolute atomic E-state index is 13.0. The standard InChI is InChI=1S/C25H24N2O7/c1-16(2)34-22-14-19(25(29)32-3)9-11-20(22)26-24(28)18-10-12-21(27(30)31)23(13-18)33-15-17-7-5-4-6-8-17/h4-14,16H,15H2,1-3H3,(H,26,28). The number of nitro groups is 1. The van der Waals surface area contributed by atoms with E-state index in [4.69, 9.17) is 14.2 Å². The third kappa shape index (κ3) is 6.10. The van der Waals surface area contributed by atoms with E-state index >= 15 is 0 Å². The van der Waals surface area contributed by atoms with Crippen molar-refractivity contribution in [2.24, 2.45) is 0 Å². The summed E-state index contributed by atoms with van der Waals surface area (Å²) in [6.07, 6.45) is -0.221. The van der Waals surface area contributed by atoms with Crippen molar-refractivity contribution in [3.8, 4) is 11.5 Å². The zero-order valence-corrected chi connectivity index (χ0v) is 18.9. The normalized spacial score (nSPS) is 10.5. The van der Waals surface area contributed by atoms with Crippen LogP contribution in [0.1, 0.15) is 40.1 Å². The Labute approximate surface area is 196 Å². The summed E-state index contributed by atoms with van der Waals surface area (Å²) < 4.78 is 16.1. The highest BCUT2D eigenvalue weighted by Crippen LogP contribution is 2.31. The van der Waals surface area contributed by atoms with Crippen LogP contribution in [-0.4, -0.2) is 30.0 Å². The molecule has 0 atom stereocenters. The van der Waals surface area contributed by atoms with Crippen LogP contribution < -0.4 is 14.8 Å². The van der Waals surface area contributed by atoms with Gasteiger partial charge in [-0.3, -0.25) is 14.9 Å². The zero-order valence-electron chi connectivity index (χ0n) is 18.9. The maximum Gasteiger partial charge on any atom is 0.337 e. The van der Waals surface area contributed by atoms with Gasteiger partial charge in [0, 0.05) is 17.7 Å². The molecule has 0 heterocycles. The highest BCUT2D eigenvalue weighted by atomic mass is 16.6. The summed E-state index contributed by atoms with van der Waals surface area (Å²) in [5.74, 6) is -0.809. The van der Waals surface area contributed by atoms with Crippen molar-refractivity contribution in [2.75, 3.05) is 12.4 Å². The number of hydrogen-bond donors (Lipinski definition) is 1. The van der Waals surface area contributed by atoms with E-state index in [1.807, 2.05) is 44.2 Å². The van der Waals surface area contributed by atoms with Gasteiger partial charge < -0.3 is 19.5 Å². The minimum Gasteiger partial charge on any atom is -0.489 e. The van der Waals surface area contributed by atoms with Crippen LogP contribution in [0.5, 0.6) is 11.5 Å². The molecule has 34 heavy (non-hydrogen) atoms. The molecular formula is C25H24N2O7. The Morgan fingerprint density at radius 2 is 1.65 bits per heavy atom. The molecule has 9 heteroatoms. The fourth-order valence-electron chi connectivity index (χ4n) is 3.07. The topological polar surface area (TPSA) is 117 Å². The first kappa shape index (κ1) is 24.2. The number of anilines is 1. The van der Waals surface area contributed by atoms with Crippen molar-refractivity contribution >= 4 is 23.3 Å². The van der Waals surface area contributed by atoms with Crippen LogP contribution in [0.4, 0.5) is 11.4 Å². The van der Waals surface area contributed by atoms with Crippen molar-refractivity contribution < 1.29 is 28.7 Å². The SMILES string of the molecule is COC(=O)c1ccc(NC(=O)c2ccc([N+](=O)[O-])c(OCc3ccccc3)c2)c(OC(C)C)c1. The first-order chi connectivity index (χ1) is 16.3. The molecule has 3 aromatic carbocycles. The van der Waals surface area contributed by atoms with Gasteiger partial charge in [0.25, 0.3) is 5.91 Å². The number of hydrogen-bond acceptors (Lipinski definition) is 7. The lowest BCUT2D eigenvalue weighted by Gasteiger charge is -2.16. The molecule has 0 unspecified atom stereocenters. The fourth-order valence-corrected chi connectivity index (χ4v) is 3.07. The summed E-state index contributed by atoms with van der Waals surface area (Å²) in [4.78, 5) is 35.7. The van der Waals surface area contributed by atoms with Gasteiger partial charge in [-0.2, -0.15) is 0 Å². The van der Waals surface area contributed by atoms with Gasteiger partial charge in [-0.25, -0.2) is 4.79 Å². The van der Waals surface area contributed by atoms with Crippen molar-refractivity contribution in [2.45, 2.75) is 26.6 Å². The molecule has 1 N–H and O–H groups in total. The number of carbonyl (C=O) groups is 2. The van der Waals surface area contributed by atoms with Crippen LogP contribution in [0.2, 0.25) is 0 Å². The van der Waals surface area contributed by atoms with E-state index in [0.717, 1.165) is 5.56 Å². The van der Waals surface area contributed by atoms with E-state index in [1.165, 1.54) is 43.5 Å². The number of methoxy groups -OCH3 is 1. The number of nitrogens with zero attached hydrogens (tertiary/aromatic N) is 1. The minimum atomic E-state index is -0.567. The summed E-state index contributed by atoms with van der Waals surface area (Å²) in [6.45, 7) is 3.72. The van der Waals surface area contributed by atoms with Gasteiger partial charge in [0.15, 0.2) is 5.75 Å². The van der Waals surface area contributed by atoms with Crippen LogP contribution in [0.3, 0.4) is 0 Å². The van der Waals surface area contributed by atoms with Gasteiger partial charge in [0.2, 0.25) is 0 Å². The molecule has 3 rings (SSSR count). The Hall–Kier alpha value is -4.40. The minimum absolute atomic E-state index is 0.0267. The van der Waals surface area contributed by atoms with Gasteiger partial charge in [0.05, 0.1) is 29.4 Å². The third-order valence-electron chi connectivity index (χ3n) is 4.67. The Balaban J connectivity index is 1.86. The lowest BCUT2D eigenvalue weighted by Crippen LogP contribution is -2.15. The van der Waals surface area contributed by atoms with Crippen LogP contribution in [-0.2, 0) is 11.3 Å². The van der Waals surface area contributed by atoms with Gasteiger partial charge in [-0.1, -0.05) is 30.3 Å². The maximum atomic E-state index is 13.0. The molecule has 0 fully saturated rings. The molecule has 0 aliphatic heterocycles. The van der Waals surface area contributed by atoms with Gasteiger partial charge in [0.1, 0.15) is 12.4 Å². The molecule has 0 aliphatic carbocycles. The van der Waals surface area contributed by atoms with E-state index in [9.17, 15) is 19.7 Å². The molecule has 0 aliphatic rings. The van der Waals surface area contributed by atoms with Crippen molar-refractivity contribution in [1.29, 1.82) is 0 Å². The lowest BCUT2D eigenvalue weighted by atomic mass is 10.1. The number of esters is 1. The number of nitro benzene ring substituents is 1. The Morgan fingerprint density at radius 3 is 2.29 bits per heavy atom. The van der Waals surface area contributed by atoms with E-state index < -0.39 is 16.8 Å². The first-order valence-electron chi connectivity index (χ1n) is 10.4. The van der Waals surface area contributed by atoms with E-state index in [2.05, 4.69) is 5.32 Å². The van der Waals surface area contributed by atoms with E-state index in [1.54, 1.807) is 0 Å². The van der Waals surface area contributed by atoms with Gasteiger partial charge in [-0.05, 0) is 43.7 Å². The lowest BCUT2D eigenvalue weighted by molar-refractivity contribution is -0.385. The van der Waals surface area contributed by atoms with Crippen molar-refractivity contribution in [3.05, 3.63) is 93.5 Å². The molecule has 0 spiro atoms. The second-order valence-electron chi connectivity index (χ2n) is 7.54. The molecular weight excluding hydrogens is 440 g/mol. The third-order valence-corrected chi connectivity index (χ3v) is 4.67. The van der Waals surface area contributed by atoms with Gasteiger partial charge >= 0.3 is 11.7 Å². The zero-order chi connectivity index (χ0) is 24.7. The molecule has 0 saturated heterocycles. The predicted octanol–water partition coefficient (Wildman–Crippen LogP) is 5.00. The molecule has 9 nitrogen and oxygen atoms in total. The number of amides is 1. The second kappa shape index (κ2) is 11.0. The van der Waals surface area contributed by atoms with E-state index in [-0.39, 0.29) is 41.0 Å². The van der Waals surface area contributed by atoms with Crippen LogP contribution >= 0.6 is 0 Å². The highest BCUT2D eigenvalue weighted by molar-refractivity contribution is 6.06. The van der Waals surface area contributed by atoms with Crippen LogP contribution in [0.15, 0.2) is 66.7 Å². The highest BCUT2D eigenvalue weighted by Gasteiger charge is 2.20. The van der Waals surface area contributed by atoms with Crippen LogP contribution in [0, 0.1) is 10.1 Å². The van der Waals surface area contributed by atoms with Crippen molar-refractivity contribution in [3.63, 3.8) is 0 Å². The molecule has 176 valence electrons. The average molecular weight is 464 g/mol. The first-order valence-corrected chi connectivity index (χ1v) is 10.4. The number of ether oxygens (including phenoxy) is 3. The number of rotatable bonds is 9. The molecule has 0 bridgehead atoms. The quantitative estimate of drug-likeness (QED) is 0.269. The Morgan fingerprint density at radius 1 is 0.971 bits per heavy atom. The fraction of sp³-hybridized carbons (Fsp3) is 0.200. The molecule has 3 aromatic rings. The smallest absolute Gasteiger partial charge is 0.337 e. The van der Waals surface area contributed by atoms with Gasteiger partial charge in [-0.15, -0.1) is 0 Å². The Kier molecular flexibility index (Phi) is 7.81. The largest absolute Gasteiger partial charge is 0.489 e. The van der Waals surface area contributed by atoms with E-state index in [0.29, 0.717) is 5.69 Å². The molecule has 0 saturated carbocycles. The predicted molar refractivity (Wildman–Crippen MR) is 125 cm³/mol. The number of benzene rings is 3. The summed E-state index contributed by atoms with van der Waals surface area (Å²) >= 11 is 0. The molecule has 0 aromatic heterocycles. The summed E-state index contributed by atoms with van der Waals surface area (Å²) in [6, 6.07) is 17.6. The summed E-state index contributed by atoms with van der Waals surface area (Å²) in [5, 5.41) is 14.2. The second-order valence-corrected chi connectivity index (χ2v) is 7.54.